The highest BCUT2D eigenvalue weighted by molar-refractivity contribution is 6.34. The molecular formula is C23H23Cl2N3. The summed E-state index contributed by atoms with van der Waals surface area (Å²) in [5.74, 6) is 0.753. The maximum atomic E-state index is 6.59. The Morgan fingerprint density at radius 2 is 1.79 bits per heavy atom. The van der Waals surface area contributed by atoms with Gasteiger partial charge in [-0.1, -0.05) is 54.6 Å². The van der Waals surface area contributed by atoms with Gasteiger partial charge < -0.3 is 9.80 Å². The summed E-state index contributed by atoms with van der Waals surface area (Å²) >= 11 is 12.9. The van der Waals surface area contributed by atoms with Crippen LogP contribution in [0.3, 0.4) is 0 Å². The number of halogens is 2. The number of hydrogen-bond donors (Lipinski definition) is 0. The lowest BCUT2D eigenvalue weighted by Gasteiger charge is -2.28. The lowest BCUT2D eigenvalue weighted by atomic mass is 9.89. The van der Waals surface area contributed by atoms with Crippen molar-refractivity contribution >= 4 is 51.2 Å². The minimum Gasteiger partial charge on any atom is -0.350 e. The van der Waals surface area contributed by atoms with Crippen molar-refractivity contribution < 1.29 is 0 Å². The number of nitrogens with zero attached hydrogens (tertiary/aromatic N) is 3. The topological polar surface area (TPSA) is 19.4 Å². The number of benzene rings is 2. The molecule has 2 aromatic carbocycles. The quantitative estimate of drug-likeness (QED) is 0.460. The van der Waals surface area contributed by atoms with E-state index in [-0.39, 0.29) is 0 Å². The molecule has 3 nitrogen and oxygen atoms in total. The Bertz CT molecular complexity index is 1010. The molecule has 0 bridgehead atoms. The Kier molecular flexibility index (Phi) is 4.82. The van der Waals surface area contributed by atoms with Crippen LogP contribution in [0.15, 0.2) is 48.7 Å². The predicted octanol–water partition coefficient (Wildman–Crippen LogP) is 7.04. The molecule has 3 aromatic rings. The number of rotatable bonds is 3. The molecule has 0 spiro atoms. The van der Waals surface area contributed by atoms with Gasteiger partial charge in [0.2, 0.25) is 0 Å². The van der Waals surface area contributed by atoms with Crippen LogP contribution in [0.4, 0.5) is 17.1 Å². The summed E-state index contributed by atoms with van der Waals surface area (Å²) in [6.45, 7) is 1.87. The van der Waals surface area contributed by atoms with E-state index in [0.717, 1.165) is 51.5 Å². The van der Waals surface area contributed by atoms with Gasteiger partial charge in [0.25, 0.3) is 0 Å². The van der Waals surface area contributed by atoms with Crippen LogP contribution in [0.25, 0.3) is 10.9 Å². The zero-order valence-electron chi connectivity index (χ0n) is 15.7. The molecule has 1 aliphatic carbocycles. The number of hydrogen-bond acceptors (Lipinski definition) is 3. The first kappa shape index (κ1) is 18.1. The van der Waals surface area contributed by atoms with Crippen molar-refractivity contribution in [3.05, 3.63) is 58.7 Å². The molecule has 0 unspecified atom stereocenters. The second kappa shape index (κ2) is 7.46. The van der Waals surface area contributed by atoms with Gasteiger partial charge in [0.1, 0.15) is 0 Å². The lowest BCUT2D eigenvalue weighted by molar-refractivity contribution is 0.360. The molecule has 2 aliphatic rings. The van der Waals surface area contributed by atoms with Crippen molar-refractivity contribution in [2.45, 2.75) is 32.1 Å². The molecule has 1 aliphatic heterocycles. The highest BCUT2D eigenvalue weighted by atomic mass is 35.5. The van der Waals surface area contributed by atoms with Crippen molar-refractivity contribution in [3.8, 4) is 0 Å². The highest BCUT2D eigenvalue weighted by Crippen LogP contribution is 2.47. The first-order valence-corrected chi connectivity index (χ1v) is 10.8. The highest BCUT2D eigenvalue weighted by Gasteiger charge is 2.32. The molecular weight excluding hydrogens is 389 g/mol. The fourth-order valence-electron chi connectivity index (χ4n) is 4.68. The molecule has 5 rings (SSSR count). The van der Waals surface area contributed by atoms with Crippen LogP contribution in [0.1, 0.15) is 32.1 Å². The summed E-state index contributed by atoms with van der Waals surface area (Å²) in [5.41, 5.74) is 4.33. The van der Waals surface area contributed by atoms with Crippen LogP contribution in [-0.4, -0.2) is 18.2 Å². The Hall–Kier alpha value is -1.97. The number of fused-ring (bicyclic) bond motifs is 3. The average molecular weight is 412 g/mol. The summed E-state index contributed by atoms with van der Waals surface area (Å²) < 4.78 is 0. The van der Waals surface area contributed by atoms with Crippen molar-refractivity contribution in [2.75, 3.05) is 23.0 Å². The zero-order chi connectivity index (χ0) is 19.1. The van der Waals surface area contributed by atoms with Crippen molar-refractivity contribution in [1.82, 2.24) is 4.98 Å². The van der Waals surface area contributed by atoms with E-state index >= 15 is 0 Å². The molecule has 0 atom stereocenters. The molecule has 1 saturated carbocycles. The molecule has 144 valence electrons. The summed E-state index contributed by atoms with van der Waals surface area (Å²) in [6.07, 6.45) is 8.75. The maximum absolute atomic E-state index is 6.59. The third-order valence-electron chi connectivity index (χ3n) is 6.05. The van der Waals surface area contributed by atoms with Crippen LogP contribution in [0, 0.1) is 5.92 Å². The Morgan fingerprint density at radius 1 is 0.964 bits per heavy atom. The number of aromatic nitrogens is 1. The normalized spacial score (nSPS) is 17.4. The van der Waals surface area contributed by atoms with E-state index in [0.29, 0.717) is 0 Å². The van der Waals surface area contributed by atoms with Gasteiger partial charge in [0.15, 0.2) is 0 Å². The Balaban J connectivity index is 1.62. The SMILES string of the molecule is Clc1ccc2ncc3c(c2c1)N(c1ccccc1Cl)CN3CC1CCCCC1. The molecule has 5 heteroatoms. The van der Waals surface area contributed by atoms with E-state index in [9.17, 15) is 0 Å². The lowest BCUT2D eigenvalue weighted by Crippen LogP contribution is -2.33. The second-order valence-corrected chi connectivity index (χ2v) is 8.74. The first-order chi connectivity index (χ1) is 13.7. The van der Waals surface area contributed by atoms with Crippen molar-refractivity contribution in [3.63, 3.8) is 0 Å². The van der Waals surface area contributed by atoms with Crippen LogP contribution < -0.4 is 9.80 Å². The molecule has 0 saturated heterocycles. The molecule has 2 heterocycles. The van der Waals surface area contributed by atoms with E-state index in [1.165, 1.54) is 37.8 Å². The van der Waals surface area contributed by atoms with Gasteiger partial charge in [-0.25, -0.2) is 0 Å². The summed E-state index contributed by atoms with van der Waals surface area (Å²) in [5, 5.41) is 2.57. The summed E-state index contributed by atoms with van der Waals surface area (Å²) in [4.78, 5) is 9.52. The van der Waals surface area contributed by atoms with E-state index in [4.69, 9.17) is 28.2 Å². The van der Waals surface area contributed by atoms with Gasteiger partial charge in [0, 0.05) is 17.0 Å². The maximum Gasteiger partial charge on any atom is 0.0954 e. The van der Waals surface area contributed by atoms with Gasteiger partial charge in [0.05, 0.1) is 40.5 Å². The van der Waals surface area contributed by atoms with Crippen molar-refractivity contribution in [1.29, 1.82) is 0 Å². The third-order valence-corrected chi connectivity index (χ3v) is 6.61. The van der Waals surface area contributed by atoms with Gasteiger partial charge in [-0.2, -0.15) is 0 Å². The minimum atomic E-state index is 0.729. The average Bonchev–Trinajstić information content (AvgIpc) is 3.08. The van der Waals surface area contributed by atoms with Crippen LogP contribution in [-0.2, 0) is 0 Å². The number of pyridine rings is 1. The molecule has 0 radical (unpaired) electrons. The predicted molar refractivity (Wildman–Crippen MR) is 119 cm³/mol. The van der Waals surface area contributed by atoms with Crippen LogP contribution in [0.5, 0.6) is 0 Å². The minimum absolute atomic E-state index is 0.729. The molecule has 0 amide bonds. The van der Waals surface area contributed by atoms with Gasteiger partial charge in [-0.15, -0.1) is 0 Å². The monoisotopic (exact) mass is 411 g/mol. The van der Waals surface area contributed by atoms with E-state index < -0.39 is 0 Å². The fourth-order valence-corrected chi connectivity index (χ4v) is 5.09. The standard InChI is InChI=1S/C23H23Cl2N3/c24-17-10-11-20-18(12-17)23-22(13-26-20)27(14-16-6-2-1-3-7-16)15-28(23)21-9-5-4-8-19(21)25/h4-5,8-13,16H,1-3,6-7,14-15H2. The molecule has 1 aromatic heterocycles. The summed E-state index contributed by atoms with van der Waals surface area (Å²) in [7, 11) is 0. The Morgan fingerprint density at radius 3 is 2.61 bits per heavy atom. The summed E-state index contributed by atoms with van der Waals surface area (Å²) in [6, 6.07) is 14.0. The van der Waals surface area contributed by atoms with Crippen molar-refractivity contribution in [2.24, 2.45) is 5.92 Å². The van der Waals surface area contributed by atoms with E-state index in [1.807, 2.05) is 42.6 Å². The molecule has 0 N–H and O–H groups in total. The largest absolute Gasteiger partial charge is 0.350 e. The molecule has 1 fully saturated rings. The Labute approximate surface area is 175 Å². The number of para-hydroxylation sites is 1. The first-order valence-electron chi connectivity index (χ1n) is 10.1. The van der Waals surface area contributed by atoms with E-state index in [1.54, 1.807) is 0 Å². The van der Waals surface area contributed by atoms with Crippen LogP contribution in [0.2, 0.25) is 10.0 Å². The second-order valence-electron chi connectivity index (χ2n) is 7.90. The smallest absolute Gasteiger partial charge is 0.0954 e. The van der Waals surface area contributed by atoms with Crippen LogP contribution >= 0.6 is 23.2 Å². The van der Waals surface area contributed by atoms with Gasteiger partial charge in [-0.3, -0.25) is 4.98 Å². The van der Waals surface area contributed by atoms with Gasteiger partial charge >= 0.3 is 0 Å². The zero-order valence-corrected chi connectivity index (χ0v) is 17.3. The third kappa shape index (κ3) is 3.21. The molecule has 28 heavy (non-hydrogen) atoms. The van der Waals surface area contributed by atoms with E-state index in [2.05, 4.69) is 15.9 Å². The fraction of sp³-hybridized carbons (Fsp3) is 0.348. The number of anilines is 3. The van der Waals surface area contributed by atoms with Gasteiger partial charge in [-0.05, 0) is 49.1 Å².